The summed E-state index contributed by atoms with van der Waals surface area (Å²) >= 11 is 1.03. The van der Waals surface area contributed by atoms with Crippen molar-refractivity contribution in [3.8, 4) is 16.5 Å². The first-order valence-corrected chi connectivity index (χ1v) is 19.7. The Balaban J connectivity index is 1.30. The zero-order valence-corrected chi connectivity index (χ0v) is 29.9. The lowest BCUT2D eigenvalue weighted by molar-refractivity contribution is -0.121. The average Bonchev–Trinajstić information content (AvgIpc) is 3.89. The molecule has 1 unspecified atom stereocenters. The predicted molar refractivity (Wildman–Crippen MR) is 182 cm³/mol. The van der Waals surface area contributed by atoms with E-state index >= 15 is 0 Å². The van der Waals surface area contributed by atoms with Crippen LogP contribution in [0.5, 0.6) is 5.75 Å². The topological polar surface area (TPSA) is 149 Å². The van der Waals surface area contributed by atoms with Gasteiger partial charge >= 0.3 is 12.3 Å². The van der Waals surface area contributed by atoms with Crippen molar-refractivity contribution in [3.63, 3.8) is 0 Å². The zero-order valence-electron chi connectivity index (χ0n) is 28.3. The maximum atomic E-state index is 14.9. The molecule has 12 nitrogen and oxygen atoms in total. The molecule has 4 fully saturated rings. The van der Waals surface area contributed by atoms with Crippen LogP contribution in [-0.4, -0.2) is 63.7 Å². The largest absolute Gasteiger partial charge is 0.444 e. The Morgan fingerprint density at radius 3 is 2.46 bits per heavy atom. The second-order valence-electron chi connectivity index (χ2n) is 14.5. The Bertz CT molecular complexity index is 2280. The van der Waals surface area contributed by atoms with E-state index in [1.165, 1.54) is 17.0 Å². The number of fused-ring (bicyclic) bond motifs is 3. The van der Waals surface area contributed by atoms with Crippen molar-refractivity contribution >= 4 is 37.2 Å². The Morgan fingerprint density at radius 1 is 1.13 bits per heavy atom. The highest BCUT2D eigenvalue weighted by Crippen LogP contribution is 2.48. The van der Waals surface area contributed by atoms with Gasteiger partial charge in [0.2, 0.25) is 5.89 Å². The number of hydrogen-bond donors (Lipinski definition) is 0. The lowest BCUT2D eigenvalue weighted by atomic mass is 10.0. The van der Waals surface area contributed by atoms with Gasteiger partial charge in [-0.1, -0.05) is 0 Å². The fourth-order valence-corrected chi connectivity index (χ4v) is 10.6. The number of aromatic nitrogens is 3. The molecule has 2 saturated carbocycles. The van der Waals surface area contributed by atoms with Crippen LogP contribution < -0.4 is 16.0 Å². The third kappa shape index (κ3) is 6.02. The predicted octanol–water partition coefficient (Wildman–Crippen LogP) is 5.42. The molecule has 278 valence electrons. The monoisotopic (exact) mass is 763 g/mol. The maximum absolute atomic E-state index is 14.9. The minimum atomic E-state index is -3.88. The third-order valence-electron chi connectivity index (χ3n) is 11.0. The summed E-state index contributed by atoms with van der Waals surface area (Å²) in [7, 11) is -3.88. The molecule has 2 bridgehead atoms. The van der Waals surface area contributed by atoms with Gasteiger partial charge in [0.15, 0.2) is 15.6 Å². The molecule has 2 aliphatic carbocycles. The number of thiophene rings is 1. The quantitative estimate of drug-likeness (QED) is 0.173. The van der Waals surface area contributed by atoms with Crippen molar-refractivity contribution in [2.75, 3.05) is 5.75 Å². The van der Waals surface area contributed by atoms with Crippen molar-refractivity contribution in [3.05, 3.63) is 68.4 Å². The normalized spacial score (nSPS) is 23.6. The van der Waals surface area contributed by atoms with Crippen LogP contribution >= 0.6 is 11.3 Å². The number of alkyl halides is 2. The number of oxazole rings is 1. The summed E-state index contributed by atoms with van der Waals surface area (Å²) in [5.41, 5.74) is -3.10. The highest BCUT2D eigenvalue weighted by Gasteiger charge is 2.58. The Hall–Kier alpha value is -3.80. The summed E-state index contributed by atoms with van der Waals surface area (Å²) in [4.78, 5) is 48.0. The first-order chi connectivity index (χ1) is 24.7. The van der Waals surface area contributed by atoms with E-state index in [4.69, 9.17) is 18.6 Å². The van der Waals surface area contributed by atoms with Crippen LogP contribution in [0.25, 0.3) is 21.0 Å². The molecule has 0 spiro atoms. The molecule has 4 aromatic rings. The molecule has 4 aliphatic rings. The molecular weight excluding hydrogens is 728 g/mol. The van der Waals surface area contributed by atoms with Crippen molar-refractivity contribution in [2.24, 2.45) is 0 Å². The number of hydrogen-bond acceptors (Lipinski definition) is 11. The SMILES string of the molecule is Cc1c(-c2ncco2)sc2c1c(=O)n(C1(C(=O)CS(=O)(=O)C3(C)CC3)CC1)c(=O)n2C[C@H](OC1C[C@H]2CC[C@@H](C1)O2)c1cc(F)ccc1OC(F)F. The van der Waals surface area contributed by atoms with E-state index in [2.05, 4.69) is 4.98 Å². The molecule has 0 amide bonds. The van der Waals surface area contributed by atoms with E-state index < -0.39 is 74.1 Å². The molecule has 2 saturated heterocycles. The molecule has 3 aromatic heterocycles. The second-order valence-corrected chi connectivity index (χ2v) is 18.0. The van der Waals surface area contributed by atoms with Gasteiger partial charge in [-0.15, -0.1) is 11.3 Å². The highest BCUT2D eigenvalue weighted by atomic mass is 32.2. The van der Waals surface area contributed by atoms with Gasteiger partial charge in [0, 0.05) is 5.56 Å². The number of nitrogens with zero attached hydrogens (tertiary/aromatic N) is 3. The number of ether oxygens (including phenoxy) is 3. The van der Waals surface area contributed by atoms with E-state index in [1.807, 2.05) is 0 Å². The van der Waals surface area contributed by atoms with E-state index in [0.717, 1.165) is 46.9 Å². The van der Waals surface area contributed by atoms with Crippen LogP contribution in [0.3, 0.4) is 0 Å². The molecule has 0 radical (unpaired) electrons. The van der Waals surface area contributed by atoms with E-state index in [-0.39, 0.29) is 52.5 Å². The number of sulfone groups is 1. The maximum Gasteiger partial charge on any atom is 0.387 e. The highest BCUT2D eigenvalue weighted by molar-refractivity contribution is 7.93. The van der Waals surface area contributed by atoms with Crippen molar-refractivity contribution in [1.82, 2.24) is 14.1 Å². The summed E-state index contributed by atoms with van der Waals surface area (Å²) in [6.45, 7) is -0.442. The van der Waals surface area contributed by atoms with Gasteiger partial charge in [0.05, 0.1) is 46.1 Å². The molecule has 5 heterocycles. The zero-order chi connectivity index (χ0) is 36.7. The molecule has 0 N–H and O–H groups in total. The van der Waals surface area contributed by atoms with Crippen LogP contribution in [0, 0.1) is 12.7 Å². The van der Waals surface area contributed by atoms with E-state index in [9.17, 15) is 36.0 Å². The van der Waals surface area contributed by atoms with Gasteiger partial charge in [-0.05, 0) is 89.0 Å². The van der Waals surface area contributed by atoms with E-state index in [1.54, 1.807) is 13.8 Å². The molecule has 8 rings (SSSR count). The second kappa shape index (κ2) is 12.7. The number of aryl methyl sites for hydroxylation is 1. The molecule has 17 heteroatoms. The van der Waals surface area contributed by atoms with Gasteiger partial charge in [0.25, 0.3) is 5.56 Å². The number of carbonyl (C=O) groups excluding carboxylic acids is 1. The third-order valence-corrected chi connectivity index (χ3v) is 14.9. The van der Waals surface area contributed by atoms with Crippen LogP contribution in [0.4, 0.5) is 13.2 Å². The molecular formula is C35H36F3N3O9S2. The lowest BCUT2D eigenvalue weighted by Gasteiger charge is -2.32. The number of rotatable bonds is 13. The summed E-state index contributed by atoms with van der Waals surface area (Å²) in [6.07, 6.45) is 4.47. The fraction of sp³-hybridized carbons (Fsp3) is 0.543. The van der Waals surface area contributed by atoms with Gasteiger partial charge < -0.3 is 18.6 Å². The number of benzene rings is 1. The Kier molecular flexibility index (Phi) is 8.58. The molecule has 52 heavy (non-hydrogen) atoms. The van der Waals surface area contributed by atoms with Crippen molar-refractivity contribution in [1.29, 1.82) is 0 Å². The number of carbonyl (C=O) groups is 1. The smallest absolute Gasteiger partial charge is 0.387 e. The van der Waals surface area contributed by atoms with Crippen LogP contribution in [0.1, 0.15) is 75.5 Å². The Labute approximate surface area is 299 Å². The van der Waals surface area contributed by atoms with E-state index in [0.29, 0.717) is 36.1 Å². The standard InChI is InChI=1S/C35H36F3N3O9S2/c1-18-27-30(43)41(35(9-10-35)26(42)17-52(45,46)34(2)7-8-34)33(44)40(31(27)51-28(18)29-39-11-12-47-29)16-25(49-22-14-20-4-5-21(15-22)48-20)23-13-19(36)3-6-24(23)50-32(37)38/h3,6,11-13,20-22,25,32H,4-5,7-10,14-17H2,1-2H3/t20-,21+,22?,25-/m0/s1. The summed E-state index contributed by atoms with van der Waals surface area (Å²) < 4.78 is 92.6. The summed E-state index contributed by atoms with van der Waals surface area (Å²) in [5, 5.41) is 0.0695. The van der Waals surface area contributed by atoms with Crippen molar-refractivity contribution in [2.45, 2.75) is 113 Å². The number of Topliss-reactive ketones (excluding diaryl/α,β-unsaturated/α-hetero) is 1. The fourth-order valence-electron chi connectivity index (χ4n) is 7.65. The lowest BCUT2D eigenvalue weighted by Crippen LogP contribution is -2.50. The number of ketones is 1. The van der Waals surface area contributed by atoms with Gasteiger partial charge in [-0.2, -0.15) is 8.78 Å². The van der Waals surface area contributed by atoms with Gasteiger partial charge in [-0.25, -0.2) is 27.2 Å². The minimum Gasteiger partial charge on any atom is -0.444 e. The molecule has 4 atom stereocenters. The molecule has 1 aromatic carbocycles. The van der Waals surface area contributed by atoms with Crippen molar-refractivity contribution < 1.29 is 45.0 Å². The van der Waals surface area contributed by atoms with Crippen LogP contribution in [-0.2, 0) is 36.2 Å². The van der Waals surface area contributed by atoms with Gasteiger partial charge in [-0.3, -0.25) is 14.2 Å². The first-order valence-electron chi connectivity index (χ1n) is 17.2. The van der Waals surface area contributed by atoms with Crippen LogP contribution in [0.15, 0.2) is 44.7 Å². The molecule has 2 aliphatic heterocycles. The summed E-state index contributed by atoms with van der Waals surface area (Å²) in [6, 6.07) is 3.05. The minimum absolute atomic E-state index is 0.0650. The Morgan fingerprint density at radius 2 is 1.85 bits per heavy atom. The average molecular weight is 764 g/mol. The first kappa shape index (κ1) is 35.2. The summed E-state index contributed by atoms with van der Waals surface area (Å²) in [5.74, 6) is -2.52. The van der Waals surface area contributed by atoms with Gasteiger partial charge in [0.1, 0.15) is 40.1 Å². The number of halogens is 3. The van der Waals surface area contributed by atoms with Crippen LogP contribution in [0.2, 0.25) is 0 Å².